The number of nitrogens with two attached hydrogens (primary N) is 1. The molecule has 0 aliphatic carbocycles. The summed E-state index contributed by atoms with van der Waals surface area (Å²) in [5.74, 6) is -3.53. The summed E-state index contributed by atoms with van der Waals surface area (Å²) in [7, 11) is 0. The van der Waals surface area contributed by atoms with Crippen LogP contribution in [0.4, 0.5) is 13.2 Å². The average Bonchev–Trinajstić information content (AvgIpc) is 2.99. The minimum atomic E-state index is -5.08. The highest BCUT2D eigenvalue weighted by Crippen LogP contribution is 2.27. The molecule has 2 aromatic rings. The first kappa shape index (κ1) is 38.1. The molecule has 46 heavy (non-hydrogen) atoms. The van der Waals surface area contributed by atoms with E-state index in [0.717, 1.165) is 17.4 Å². The molecule has 0 saturated carbocycles. The zero-order valence-electron chi connectivity index (χ0n) is 25.4. The predicted molar refractivity (Wildman–Crippen MR) is 157 cm³/mol. The number of fused-ring (bicyclic) bond motifs is 1. The molecule has 1 aliphatic rings. The molecule has 1 atom stereocenters. The third-order valence-corrected chi connectivity index (χ3v) is 6.39. The van der Waals surface area contributed by atoms with E-state index < -0.39 is 24.1 Å². The number of carbonyl (C=O) groups excluding carboxylic acids is 3. The number of nitrogens with zero attached hydrogens (tertiary/aromatic N) is 1. The molecule has 1 fully saturated rings. The van der Waals surface area contributed by atoms with Crippen molar-refractivity contribution in [2.45, 2.75) is 44.8 Å². The lowest BCUT2D eigenvalue weighted by Crippen LogP contribution is -2.44. The molecule has 5 N–H and O–H groups in total. The van der Waals surface area contributed by atoms with E-state index in [-0.39, 0.29) is 36.8 Å². The minimum absolute atomic E-state index is 0.152. The van der Waals surface area contributed by atoms with Crippen LogP contribution in [0.25, 0.3) is 10.9 Å². The molecule has 1 saturated heterocycles. The molecule has 2 heterocycles. The molecule has 0 spiro atoms. The number of hydrogen-bond acceptors (Lipinski definition) is 10. The number of carboxylic acids is 1. The molecule has 1 aromatic carbocycles. The van der Waals surface area contributed by atoms with E-state index in [9.17, 15) is 32.3 Å². The van der Waals surface area contributed by atoms with Crippen molar-refractivity contribution < 1.29 is 56.4 Å². The highest BCUT2D eigenvalue weighted by atomic mass is 19.4. The van der Waals surface area contributed by atoms with Crippen molar-refractivity contribution >= 4 is 34.6 Å². The molecule has 256 valence electrons. The fraction of sp³-hybridized carbons (Fsp3) is 0.552. The monoisotopic (exact) mass is 660 g/mol. The van der Waals surface area contributed by atoms with Gasteiger partial charge in [-0.3, -0.25) is 29.1 Å². The van der Waals surface area contributed by atoms with Crippen LogP contribution >= 0.6 is 0 Å². The maximum absolute atomic E-state index is 12.8. The van der Waals surface area contributed by atoms with Gasteiger partial charge in [0.15, 0.2) is 6.61 Å². The van der Waals surface area contributed by atoms with Gasteiger partial charge in [0.2, 0.25) is 11.8 Å². The first-order valence-electron chi connectivity index (χ1n) is 14.5. The second kappa shape index (κ2) is 19.5. The number of carbonyl (C=O) groups is 4. The van der Waals surface area contributed by atoms with Crippen LogP contribution in [0.2, 0.25) is 0 Å². The number of rotatable bonds is 17. The predicted octanol–water partition coefficient (Wildman–Crippen LogP) is 1.20. The van der Waals surface area contributed by atoms with Crippen LogP contribution in [-0.4, -0.2) is 98.9 Å². The van der Waals surface area contributed by atoms with E-state index in [2.05, 4.69) is 10.6 Å². The van der Waals surface area contributed by atoms with Gasteiger partial charge in [0.1, 0.15) is 11.8 Å². The van der Waals surface area contributed by atoms with Crippen LogP contribution in [-0.2, 0) is 33.4 Å². The fourth-order valence-corrected chi connectivity index (χ4v) is 4.16. The molecule has 17 heteroatoms. The molecule has 3 rings (SSSR count). The second-order valence-corrected chi connectivity index (χ2v) is 9.96. The van der Waals surface area contributed by atoms with E-state index in [0.29, 0.717) is 70.4 Å². The Kier molecular flexibility index (Phi) is 16.1. The van der Waals surface area contributed by atoms with Crippen LogP contribution in [0.3, 0.4) is 0 Å². The Morgan fingerprint density at radius 2 is 1.63 bits per heavy atom. The average molecular weight is 661 g/mol. The van der Waals surface area contributed by atoms with Crippen LogP contribution in [0, 0.1) is 6.92 Å². The summed E-state index contributed by atoms with van der Waals surface area (Å²) in [6.07, 6.45) is -3.22. The number of alkyl halides is 3. The molecule has 1 unspecified atom stereocenters. The van der Waals surface area contributed by atoms with Gasteiger partial charge in [-0.25, -0.2) is 4.79 Å². The lowest BCUT2D eigenvalue weighted by molar-refractivity contribution is -0.192. The lowest BCUT2D eigenvalue weighted by Gasteiger charge is -2.25. The highest BCUT2D eigenvalue weighted by Gasteiger charge is 2.38. The van der Waals surface area contributed by atoms with Gasteiger partial charge in [-0.15, -0.1) is 0 Å². The zero-order valence-corrected chi connectivity index (χ0v) is 25.4. The quantitative estimate of drug-likeness (QED) is 0.141. The van der Waals surface area contributed by atoms with E-state index in [1.165, 1.54) is 10.6 Å². The van der Waals surface area contributed by atoms with Crippen molar-refractivity contribution in [3.05, 3.63) is 40.2 Å². The van der Waals surface area contributed by atoms with Crippen LogP contribution in [0.15, 0.2) is 29.1 Å². The Bertz CT molecular complexity index is 1380. The highest BCUT2D eigenvalue weighted by molar-refractivity contribution is 6.00. The number of aryl methyl sites for hydroxylation is 1. The number of pyridine rings is 1. The third kappa shape index (κ3) is 13.1. The molecular formula is C29H39F3N4O10. The number of imide groups is 1. The second-order valence-electron chi connectivity index (χ2n) is 9.96. The van der Waals surface area contributed by atoms with E-state index in [1.807, 2.05) is 6.92 Å². The lowest BCUT2D eigenvalue weighted by atomic mass is 10.0. The van der Waals surface area contributed by atoms with Crippen LogP contribution in [0.5, 0.6) is 5.75 Å². The number of ether oxygens (including phenoxy) is 4. The van der Waals surface area contributed by atoms with Crippen molar-refractivity contribution in [3.63, 3.8) is 0 Å². The van der Waals surface area contributed by atoms with Gasteiger partial charge in [-0.1, -0.05) is 0 Å². The number of benzene rings is 1. The molecular weight excluding hydrogens is 621 g/mol. The summed E-state index contributed by atoms with van der Waals surface area (Å²) in [4.78, 5) is 58.0. The molecule has 0 bridgehead atoms. The van der Waals surface area contributed by atoms with Gasteiger partial charge < -0.3 is 35.1 Å². The van der Waals surface area contributed by atoms with Crippen LogP contribution < -0.4 is 26.7 Å². The van der Waals surface area contributed by atoms with E-state index in [1.54, 1.807) is 18.2 Å². The Hall–Kier alpha value is -4.06. The van der Waals surface area contributed by atoms with Crippen molar-refractivity contribution in [2.24, 2.45) is 5.73 Å². The molecule has 1 aromatic heterocycles. The molecule has 0 radical (unpaired) electrons. The first-order chi connectivity index (χ1) is 21.8. The van der Waals surface area contributed by atoms with Crippen molar-refractivity contribution in [2.75, 3.05) is 59.3 Å². The summed E-state index contributed by atoms with van der Waals surface area (Å²) in [5.41, 5.74) is 6.31. The number of carboxylic acid groups (broad SMARTS) is 1. The number of aliphatic carboxylic acids is 1. The summed E-state index contributed by atoms with van der Waals surface area (Å²) < 4.78 is 55.0. The number of hydrogen-bond donors (Lipinski definition) is 4. The van der Waals surface area contributed by atoms with Crippen LogP contribution in [0.1, 0.15) is 37.3 Å². The van der Waals surface area contributed by atoms with Crippen molar-refractivity contribution in [1.29, 1.82) is 0 Å². The Morgan fingerprint density at radius 3 is 2.22 bits per heavy atom. The van der Waals surface area contributed by atoms with Gasteiger partial charge in [-0.2, -0.15) is 13.2 Å². The standard InChI is InChI=1S/C27H38N4O8.C2HF3O2/c1-19-16-26(34)31(22-6-7-24(32)30-27(22)35)23-17-20(4-5-21(19)23)39-18-25(33)29-9-3-11-37-13-15-38-14-12-36-10-2-8-28;3-2(4,5)1(6)7/h4-5,16-17,22H,2-3,6-15,18,28H2,1H3,(H,29,33)(H,30,32,35);(H,6,7). The first-order valence-corrected chi connectivity index (χ1v) is 14.5. The number of halogens is 3. The third-order valence-electron chi connectivity index (χ3n) is 6.39. The van der Waals surface area contributed by atoms with E-state index in [4.69, 9.17) is 34.6 Å². The smallest absolute Gasteiger partial charge is 0.484 e. The number of aromatic nitrogens is 1. The summed E-state index contributed by atoms with van der Waals surface area (Å²) in [6, 6.07) is 5.81. The molecule has 1 aliphatic heterocycles. The Morgan fingerprint density at radius 1 is 1.02 bits per heavy atom. The van der Waals surface area contributed by atoms with Gasteiger partial charge in [0.05, 0.1) is 31.9 Å². The number of nitrogens with one attached hydrogen (secondary N) is 2. The number of piperidine rings is 1. The summed E-state index contributed by atoms with van der Waals surface area (Å²) in [6.45, 7) is 5.76. The van der Waals surface area contributed by atoms with Gasteiger partial charge in [0.25, 0.3) is 11.5 Å². The van der Waals surface area contributed by atoms with Crippen molar-refractivity contribution in [3.8, 4) is 5.75 Å². The molecule has 3 amide bonds. The van der Waals surface area contributed by atoms with Crippen molar-refractivity contribution in [1.82, 2.24) is 15.2 Å². The van der Waals surface area contributed by atoms with Gasteiger partial charge in [0, 0.05) is 43.7 Å². The Labute approximate surface area is 262 Å². The van der Waals surface area contributed by atoms with Gasteiger partial charge >= 0.3 is 12.1 Å². The minimum Gasteiger partial charge on any atom is -0.484 e. The SMILES string of the molecule is Cc1cc(=O)n(C2CCC(=O)NC2=O)c2cc(OCC(=O)NCCCOCCOCCOCCCN)ccc12.O=C(O)C(F)(F)F. The van der Waals surface area contributed by atoms with Gasteiger partial charge in [-0.05, 0) is 50.4 Å². The zero-order chi connectivity index (χ0) is 34.1. The molecule has 14 nitrogen and oxygen atoms in total. The summed E-state index contributed by atoms with van der Waals surface area (Å²) >= 11 is 0. The summed E-state index contributed by atoms with van der Waals surface area (Å²) in [5, 5.41) is 13.0. The maximum atomic E-state index is 12.8. The topological polar surface area (TPSA) is 198 Å². The Balaban J connectivity index is 0.000000942. The maximum Gasteiger partial charge on any atom is 0.490 e. The normalized spacial score (nSPS) is 14.8. The van der Waals surface area contributed by atoms with E-state index >= 15 is 0 Å². The number of amides is 3. The fourth-order valence-electron chi connectivity index (χ4n) is 4.16. The largest absolute Gasteiger partial charge is 0.490 e.